The number of fused-ring (bicyclic) bond motifs is 9. The molecule has 8 aromatic carbocycles. The molecule has 4 nitrogen and oxygen atoms in total. The minimum absolute atomic E-state index is 0.491. The van der Waals surface area contributed by atoms with Gasteiger partial charge in [0.25, 0.3) is 0 Å². The highest BCUT2D eigenvalue weighted by Gasteiger charge is 2.23. The number of aromatic nitrogens is 1. The Kier molecular flexibility index (Phi) is 6.28. The molecule has 0 atom stereocenters. The van der Waals surface area contributed by atoms with Gasteiger partial charge >= 0.3 is 0 Å². The lowest BCUT2D eigenvalue weighted by Crippen LogP contribution is -1.94. The molecule has 53 heavy (non-hydrogen) atoms. The Morgan fingerprint density at radius 1 is 0.415 bits per heavy atom. The molecule has 0 aliphatic carbocycles. The standard InChI is InChI=1S/C49H28N2O2/c50-29-34-21-24-36(38-17-9-16-37-35-15-7-8-20-45(35)52-48(37)38)46-39-18-10-19-44(49(39)53-47(34)46)51-42-25-22-32(30-11-3-1-4-12-30)27-40(42)41-28-33(23-26-43(41)51)31-13-5-2-6-14-31/h1-28H. The van der Waals surface area contributed by atoms with E-state index in [1.54, 1.807) is 0 Å². The van der Waals surface area contributed by atoms with Crippen molar-refractivity contribution >= 4 is 65.7 Å². The van der Waals surface area contributed by atoms with Crippen LogP contribution < -0.4 is 0 Å². The van der Waals surface area contributed by atoms with Gasteiger partial charge in [-0.05, 0) is 70.3 Å². The minimum atomic E-state index is 0.491. The molecule has 246 valence electrons. The molecule has 0 aliphatic rings. The van der Waals surface area contributed by atoms with Gasteiger partial charge in [-0.25, -0.2) is 0 Å². The summed E-state index contributed by atoms with van der Waals surface area (Å²) in [6, 6.07) is 61.5. The number of hydrogen-bond donors (Lipinski definition) is 0. The second kappa shape index (κ2) is 11.3. The van der Waals surface area contributed by atoms with Crippen LogP contribution in [0, 0.1) is 11.3 Å². The number of rotatable bonds is 4. The zero-order valence-electron chi connectivity index (χ0n) is 28.4. The van der Waals surface area contributed by atoms with Crippen LogP contribution in [0.2, 0.25) is 0 Å². The fourth-order valence-corrected chi connectivity index (χ4v) is 8.24. The molecule has 0 saturated heterocycles. The average Bonchev–Trinajstić information content (AvgIpc) is 3.91. The highest BCUT2D eigenvalue weighted by Crippen LogP contribution is 2.45. The Hall–Kier alpha value is -7.35. The van der Waals surface area contributed by atoms with Gasteiger partial charge in [-0.1, -0.05) is 127 Å². The lowest BCUT2D eigenvalue weighted by atomic mass is 9.96. The Labute approximate surface area is 304 Å². The van der Waals surface area contributed by atoms with Gasteiger partial charge in [-0.3, -0.25) is 0 Å². The maximum absolute atomic E-state index is 10.3. The summed E-state index contributed by atoms with van der Waals surface area (Å²) in [4.78, 5) is 0. The number of para-hydroxylation sites is 3. The molecule has 0 spiro atoms. The summed E-state index contributed by atoms with van der Waals surface area (Å²) in [5, 5.41) is 16.6. The zero-order valence-corrected chi connectivity index (χ0v) is 28.4. The highest BCUT2D eigenvalue weighted by atomic mass is 16.3. The normalized spacial score (nSPS) is 11.8. The van der Waals surface area contributed by atoms with Crippen LogP contribution in [-0.4, -0.2) is 4.57 Å². The smallest absolute Gasteiger partial charge is 0.159 e. The van der Waals surface area contributed by atoms with Crippen LogP contribution >= 0.6 is 0 Å². The van der Waals surface area contributed by atoms with Crippen molar-refractivity contribution in [3.05, 3.63) is 175 Å². The molecule has 4 heteroatoms. The molecule has 11 rings (SSSR count). The van der Waals surface area contributed by atoms with Crippen LogP contribution in [0.1, 0.15) is 5.56 Å². The summed E-state index contributed by atoms with van der Waals surface area (Å²) in [6.45, 7) is 0. The molecular weight excluding hydrogens is 649 g/mol. The van der Waals surface area contributed by atoms with Gasteiger partial charge in [0.1, 0.15) is 17.2 Å². The van der Waals surface area contributed by atoms with E-state index in [-0.39, 0.29) is 0 Å². The van der Waals surface area contributed by atoms with Crippen molar-refractivity contribution in [1.29, 1.82) is 5.26 Å². The first-order valence-corrected chi connectivity index (χ1v) is 17.7. The number of benzene rings is 8. The molecule has 0 N–H and O–H groups in total. The van der Waals surface area contributed by atoms with Gasteiger partial charge in [0.15, 0.2) is 11.2 Å². The molecule has 3 heterocycles. The molecule has 0 fully saturated rings. The lowest BCUT2D eigenvalue weighted by molar-refractivity contribution is 0.665. The van der Waals surface area contributed by atoms with Crippen LogP contribution in [0.3, 0.4) is 0 Å². The summed E-state index contributed by atoms with van der Waals surface area (Å²) in [6.07, 6.45) is 0. The van der Waals surface area contributed by atoms with E-state index in [0.717, 1.165) is 88.0 Å². The van der Waals surface area contributed by atoms with E-state index in [1.165, 1.54) is 11.1 Å². The van der Waals surface area contributed by atoms with Crippen molar-refractivity contribution in [2.75, 3.05) is 0 Å². The van der Waals surface area contributed by atoms with Crippen molar-refractivity contribution in [3.63, 3.8) is 0 Å². The first-order valence-electron chi connectivity index (χ1n) is 17.7. The van der Waals surface area contributed by atoms with Gasteiger partial charge < -0.3 is 13.4 Å². The first-order chi connectivity index (χ1) is 26.2. The minimum Gasteiger partial charge on any atom is -0.455 e. The Morgan fingerprint density at radius 3 is 1.74 bits per heavy atom. The lowest BCUT2D eigenvalue weighted by Gasteiger charge is -2.10. The second-order valence-electron chi connectivity index (χ2n) is 13.5. The number of furan rings is 2. The predicted octanol–water partition coefficient (Wildman–Crippen LogP) is 13.5. The molecule has 3 aromatic heterocycles. The van der Waals surface area contributed by atoms with E-state index in [0.29, 0.717) is 11.1 Å². The predicted molar refractivity (Wildman–Crippen MR) is 216 cm³/mol. The van der Waals surface area contributed by atoms with Gasteiger partial charge in [0.2, 0.25) is 0 Å². The fourth-order valence-electron chi connectivity index (χ4n) is 8.24. The van der Waals surface area contributed by atoms with E-state index < -0.39 is 0 Å². The molecule has 0 bridgehead atoms. The van der Waals surface area contributed by atoms with Crippen molar-refractivity contribution in [3.8, 4) is 45.1 Å². The summed E-state index contributed by atoms with van der Waals surface area (Å²) in [5.41, 5.74) is 13.1. The van der Waals surface area contributed by atoms with E-state index in [2.05, 4.69) is 138 Å². The second-order valence-corrected chi connectivity index (χ2v) is 13.5. The summed E-state index contributed by atoms with van der Waals surface area (Å²) < 4.78 is 15.7. The Balaban J connectivity index is 1.21. The van der Waals surface area contributed by atoms with Crippen LogP contribution in [0.4, 0.5) is 0 Å². The average molecular weight is 677 g/mol. The van der Waals surface area contributed by atoms with Gasteiger partial charge in [-0.2, -0.15) is 5.26 Å². The van der Waals surface area contributed by atoms with Crippen molar-refractivity contribution in [1.82, 2.24) is 4.57 Å². The molecule has 0 radical (unpaired) electrons. The van der Waals surface area contributed by atoms with Crippen LogP contribution in [0.25, 0.3) is 105 Å². The van der Waals surface area contributed by atoms with E-state index >= 15 is 0 Å². The van der Waals surface area contributed by atoms with Crippen molar-refractivity contribution < 1.29 is 8.83 Å². The van der Waals surface area contributed by atoms with E-state index in [1.807, 2.05) is 42.5 Å². The van der Waals surface area contributed by atoms with E-state index in [9.17, 15) is 5.26 Å². The molecule has 0 saturated carbocycles. The summed E-state index contributed by atoms with van der Waals surface area (Å²) in [7, 11) is 0. The third-order valence-electron chi connectivity index (χ3n) is 10.7. The Bertz CT molecular complexity index is 3190. The quantitative estimate of drug-likeness (QED) is 0.186. The monoisotopic (exact) mass is 676 g/mol. The summed E-state index contributed by atoms with van der Waals surface area (Å²) >= 11 is 0. The molecular formula is C49H28N2O2. The third-order valence-corrected chi connectivity index (χ3v) is 10.7. The van der Waals surface area contributed by atoms with E-state index in [4.69, 9.17) is 8.83 Å². The SMILES string of the molecule is N#Cc1ccc(-c2cccc3c2oc2ccccc23)c2c1oc1c(-n3c4ccc(-c5ccccc5)cc4c4cc(-c5ccccc5)ccc43)cccc12. The summed E-state index contributed by atoms with van der Waals surface area (Å²) in [5.74, 6) is 0. The Morgan fingerprint density at radius 2 is 1.04 bits per heavy atom. The van der Waals surface area contributed by atoms with Crippen molar-refractivity contribution in [2.45, 2.75) is 0 Å². The molecule has 0 unspecified atom stereocenters. The molecule has 0 aliphatic heterocycles. The largest absolute Gasteiger partial charge is 0.455 e. The molecule has 11 aromatic rings. The zero-order chi connectivity index (χ0) is 35.0. The highest BCUT2D eigenvalue weighted by molar-refractivity contribution is 6.20. The topological polar surface area (TPSA) is 55.0 Å². The van der Waals surface area contributed by atoms with Gasteiger partial charge in [-0.15, -0.1) is 0 Å². The number of nitriles is 1. The van der Waals surface area contributed by atoms with Crippen molar-refractivity contribution in [2.24, 2.45) is 0 Å². The number of hydrogen-bond acceptors (Lipinski definition) is 3. The fraction of sp³-hybridized carbons (Fsp3) is 0. The third kappa shape index (κ3) is 4.35. The van der Waals surface area contributed by atoms with Crippen LogP contribution in [0.5, 0.6) is 0 Å². The number of nitrogens with zero attached hydrogens (tertiary/aromatic N) is 2. The molecule has 0 amide bonds. The maximum atomic E-state index is 10.3. The maximum Gasteiger partial charge on any atom is 0.159 e. The van der Waals surface area contributed by atoms with Gasteiger partial charge in [0, 0.05) is 37.9 Å². The van der Waals surface area contributed by atoms with Crippen LogP contribution in [-0.2, 0) is 0 Å². The van der Waals surface area contributed by atoms with Gasteiger partial charge in [0.05, 0.1) is 22.3 Å². The van der Waals surface area contributed by atoms with Crippen LogP contribution in [0.15, 0.2) is 179 Å². The first kappa shape index (κ1) is 29.4.